The lowest BCUT2D eigenvalue weighted by molar-refractivity contribution is -0.129. The molecule has 0 aliphatic rings. The molecule has 1 aromatic rings. The molecule has 0 radical (unpaired) electrons. The Kier molecular flexibility index (Phi) is 9.61. The molecule has 0 aliphatic heterocycles. The Hall–Kier alpha value is -2.19. The second kappa shape index (κ2) is 11.4. The summed E-state index contributed by atoms with van der Waals surface area (Å²) in [5.74, 6) is -0.193. The second-order valence-electron chi connectivity index (χ2n) is 5.95. The average molecular weight is 381 g/mol. The molecule has 26 heavy (non-hydrogen) atoms. The van der Waals surface area contributed by atoms with E-state index in [1.165, 1.54) is 0 Å². The van der Waals surface area contributed by atoms with Crippen LogP contribution >= 0.6 is 12.2 Å². The highest BCUT2D eigenvalue weighted by molar-refractivity contribution is 7.80. The first-order valence-corrected chi connectivity index (χ1v) is 8.93. The van der Waals surface area contributed by atoms with E-state index in [9.17, 15) is 9.59 Å². The van der Waals surface area contributed by atoms with Crippen LogP contribution in [0.25, 0.3) is 0 Å². The number of hydrogen-bond donors (Lipinski definition) is 4. The summed E-state index contributed by atoms with van der Waals surface area (Å²) < 4.78 is 5.14. The molecular weight excluding hydrogens is 354 g/mol. The molecule has 2 unspecified atom stereocenters. The first-order chi connectivity index (χ1) is 12.4. The monoisotopic (exact) mass is 381 g/mol. The highest BCUT2D eigenvalue weighted by Crippen LogP contribution is 2.16. The predicted octanol–water partition coefficient (Wildman–Crippen LogP) is 1.58. The number of rotatable bonds is 10. The maximum Gasteiger partial charge on any atom is 0.244 e. The summed E-state index contributed by atoms with van der Waals surface area (Å²) in [6.07, 6.45) is 2.02. The highest BCUT2D eigenvalue weighted by Gasteiger charge is 2.24. The molecule has 144 valence electrons. The molecule has 8 heteroatoms. The molecule has 1 aromatic carbocycles. The second-order valence-corrected chi connectivity index (χ2v) is 6.39. The molecular formula is C18H27N3O4S. The summed E-state index contributed by atoms with van der Waals surface area (Å²) in [6, 6.07) is 6.89. The first-order valence-electron chi connectivity index (χ1n) is 8.52. The van der Waals surface area contributed by atoms with Crippen LogP contribution in [0.2, 0.25) is 0 Å². The number of carbonyl (C=O) groups is 2. The maximum atomic E-state index is 12.3. The molecule has 2 amide bonds. The van der Waals surface area contributed by atoms with E-state index in [2.05, 4.69) is 10.6 Å². The first kappa shape index (κ1) is 21.9. The minimum absolute atomic E-state index is 0.0686. The summed E-state index contributed by atoms with van der Waals surface area (Å²) in [6.45, 7) is 1.99. The zero-order chi connectivity index (χ0) is 19.5. The van der Waals surface area contributed by atoms with E-state index in [-0.39, 0.29) is 18.2 Å². The number of methoxy groups -OCH3 is 1. The van der Waals surface area contributed by atoms with Crippen molar-refractivity contribution in [2.75, 3.05) is 14.2 Å². The Morgan fingerprint density at radius 2 is 1.92 bits per heavy atom. The van der Waals surface area contributed by atoms with E-state index in [0.717, 1.165) is 17.7 Å². The van der Waals surface area contributed by atoms with Crippen molar-refractivity contribution >= 4 is 29.0 Å². The van der Waals surface area contributed by atoms with Crippen LogP contribution in [0, 0.1) is 5.92 Å². The van der Waals surface area contributed by atoms with Crippen molar-refractivity contribution in [3.63, 3.8) is 0 Å². The van der Waals surface area contributed by atoms with Gasteiger partial charge in [0.1, 0.15) is 11.8 Å². The molecule has 0 aliphatic carbocycles. The highest BCUT2D eigenvalue weighted by atomic mass is 32.1. The predicted molar refractivity (Wildman–Crippen MR) is 103 cm³/mol. The lowest BCUT2D eigenvalue weighted by Gasteiger charge is -2.24. The van der Waals surface area contributed by atoms with Gasteiger partial charge in [-0.2, -0.15) is 0 Å². The third-order valence-electron chi connectivity index (χ3n) is 4.04. The minimum Gasteiger partial charge on any atom is -0.497 e. The van der Waals surface area contributed by atoms with Crippen molar-refractivity contribution in [2.45, 2.75) is 38.6 Å². The molecule has 0 saturated carbocycles. The Bertz CT molecular complexity index is 607. The molecule has 0 saturated heterocycles. The van der Waals surface area contributed by atoms with Crippen LogP contribution in [-0.2, 0) is 16.0 Å². The van der Waals surface area contributed by atoms with Crippen molar-refractivity contribution < 1.29 is 19.5 Å². The molecule has 2 atom stereocenters. The van der Waals surface area contributed by atoms with Crippen molar-refractivity contribution in [2.24, 2.45) is 5.92 Å². The zero-order valence-electron chi connectivity index (χ0n) is 15.4. The number of ether oxygens (including phenoxy) is 1. The largest absolute Gasteiger partial charge is 0.497 e. The van der Waals surface area contributed by atoms with Gasteiger partial charge >= 0.3 is 0 Å². The Labute approximate surface area is 159 Å². The van der Waals surface area contributed by atoms with Gasteiger partial charge in [-0.15, -0.1) is 0 Å². The van der Waals surface area contributed by atoms with Crippen LogP contribution < -0.4 is 20.9 Å². The standard InChI is InChI=1S/C18H27N3O4S/c1-4-5-13(11-16(22)21-24)18(26)20-15(17(23)19-2)10-12-6-8-14(25-3)9-7-12/h6-9,13,15,24H,4-5,10-11H2,1-3H3,(H,19,23)(H,20,26)(H,21,22). The molecule has 0 bridgehead atoms. The molecule has 0 spiro atoms. The smallest absolute Gasteiger partial charge is 0.244 e. The third-order valence-corrected chi connectivity index (χ3v) is 4.49. The molecule has 4 N–H and O–H groups in total. The van der Waals surface area contributed by atoms with Crippen molar-refractivity contribution in [3.8, 4) is 5.75 Å². The van der Waals surface area contributed by atoms with E-state index in [4.69, 9.17) is 22.2 Å². The van der Waals surface area contributed by atoms with E-state index in [1.54, 1.807) is 19.6 Å². The quantitative estimate of drug-likeness (QED) is 0.279. The molecule has 0 heterocycles. The van der Waals surface area contributed by atoms with Gasteiger partial charge in [0, 0.05) is 25.8 Å². The summed E-state index contributed by atoms with van der Waals surface area (Å²) in [7, 11) is 3.16. The van der Waals surface area contributed by atoms with Crippen LogP contribution in [0.4, 0.5) is 0 Å². The van der Waals surface area contributed by atoms with Gasteiger partial charge in [0.05, 0.1) is 12.1 Å². The van der Waals surface area contributed by atoms with E-state index in [1.807, 2.05) is 31.2 Å². The Morgan fingerprint density at radius 1 is 1.27 bits per heavy atom. The van der Waals surface area contributed by atoms with Gasteiger partial charge < -0.3 is 15.4 Å². The van der Waals surface area contributed by atoms with Crippen LogP contribution in [0.3, 0.4) is 0 Å². The van der Waals surface area contributed by atoms with Crippen molar-refractivity contribution in [3.05, 3.63) is 29.8 Å². The molecule has 0 fully saturated rings. The van der Waals surface area contributed by atoms with Crippen LogP contribution in [-0.4, -0.2) is 42.2 Å². The van der Waals surface area contributed by atoms with Gasteiger partial charge in [-0.25, -0.2) is 5.48 Å². The number of thiocarbonyl (C=S) groups is 1. The van der Waals surface area contributed by atoms with Crippen molar-refractivity contribution in [1.29, 1.82) is 0 Å². The number of likely N-dealkylation sites (N-methyl/N-ethyl adjacent to an activating group) is 1. The Morgan fingerprint density at radius 3 is 2.42 bits per heavy atom. The van der Waals surface area contributed by atoms with Crippen LogP contribution in [0.15, 0.2) is 24.3 Å². The number of hydrogen-bond acceptors (Lipinski definition) is 5. The number of nitrogens with one attached hydrogen (secondary N) is 3. The van der Waals surface area contributed by atoms with Crippen LogP contribution in [0.5, 0.6) is 5.75 Å². The fraction of sp³-hybridized carbons (Fsp3) is 0.500. The van der Waals surface area contributed by atoms with Gasteiger partial charge in [0.25, 0.3) is 0 Å². The SMILES string of the molecule is CCCC(CC(=O)NO)C(=S)NC(Cc1ccc(OC)cc1)C(=O)NC. The average Bonchev–Trinajstić information content (AvgIpc) is 2.66. The molecule has 0 aromatic heterocycles. The van der Waals surface area contributed by atoms with Gasteiger partial charge in [-0.3, -0.25) is 14.8 Å². The van der Waals surface area contributed by atoms with Gasteiger partial charge in [-0.05, 0) is 24.1 Å². The molecule has 1 rings (SSSR count). The lowest BCUT2D eigenvalue weighted by atomic mass is 9.97. The van der Waals surface area contributed by atoms with Crippen molar-refractivity contribution in [1.82, 2.24) is 16.1 Å². The fourth-order valence-corrected chi connectivity index (χ4v) is 2.96. The van der Waals surface area contributed by atoms with E-state index >= 15 is 0 Å². The van der Waals surface area contributed by atoms with E-state index in [0.29, 0.717) is 17.8 Å². The summed E-state index contributed by atoms with van der Waals surface area (Å²) in [5, 5.41) is 14.5. The van der Waals surface area contributed by atoms with Gasteiger partial charge in [0.2, 0.25) is 11.8 Å². The topological polar surface area (TPSA) is 99.7 Å². The minimum atomic E-state index is -0.558. The maximum absolute atomic E-state index is 12.3. The van der Waals surface area contributed by atoms with E-state index < -0.39 is 11.9 Å². The summed E-state index contributed by atoms with van der Waals surface area (Å²) in [4.78, 5) is 24.2. The molecule has 7 nitrogen and oxygen atoms in total. The normalized spacial score (nSPS) is 12.6. The van der Waals surface area contributed by atoms with Gasteiger partial charge in [0.15, 0.2) is 0 Å². The van der Waals surface area contributed by atoms with Crippen LogP contribution in [0.1, 0.15) is 31.7 Å². The lowest BCUT2D eigenvalue weighted by Crippen LogP contribution is -2.48. The number of hydroxylamine groups is 1. The number of benzene rings is 1. The summed E-state index contributed by atoms with van der Waals surface area (Å²) in [5.41, 5.74) is 2.58. The van der Waals surface area contributed by atoms with Gasteiger partial charge in [-0.1, -0.05) is 37.7 Å². The zero-order valence-corrected chi connectivity index (χ0v) is 16.2. The number of amides is 2. The Balaban J connectivity index is 2.85. The number of carbonyl (C=O) groups excluding carboxylic acids is 2. The fourth-order valence-electron chi connectivity index (χ4n) is 2.61. The summed E-state index contributed by atoms with van der Waals surface area (Å²) >= 11 is 5.43. The third kappa shape index (κ3) is 6.97.